The van der Waals surface area contributed by atoms with Gasteiger partial charge in [-0.3, -0.25) is 4.79 Å². The Morgan fingerprint density at radius 3 is 2.08 bits per heavy atom. The molecule has 0 aliphatic heterocycles. The zero-order valence-electron chi connectivity index (χ0n) is 24.4. The van der Waals surface area contributed by atoms with Crippen LogP contribution in [0.4, 0.5) is 0 Å². The van der Waals surface area contributed by atoms with Crippen LogP contribution in [0.3, 0.4) is 0 Å². The number of carboxylic acid groups (broad SMARTS) is 1. The monoisotopic (exact) mass is 508 g/mol. The van der Waals surface area contributed by atoms with Gasteiger partial charge in [0.25, 0.3) is 0 Å². The molecule has 208 valence electrons. The molecule has 2 heteroatoms. The zero-order valence-corrected chi connectivity index (χ0v) is 24.4. The molecule has 0 aromatic heterocycles. The van der Waals surface area contributed by atoms with Gasteiger partial charge in [-0.25, -0.2) is 0 Å². The molecule has 3 aliphatic rings. The van der Waals surface area contributed by atoms with E-state index in [0.717, 1.165) is 49.4 Å². The molecule has 4 rings (SSSR count). The third-order valence-corrected chi connectivity index (χ3v) is 11.4. The van der Waals surface area contributed by atoms with Gasteiger partial charge >= 0.3 is 5.97 Å². The lowest BCUT2D eigenvalue weighted by atomic mass is 9.61. The molecule has 0 saturated heterocycles. The van der Waals surface area contributed by atoms with Crippen molar-refractivity contribution in [3.63, 3.8) is 0 Å². The van der Waals surface area contributed by atoms with Crippen LogP contribution in [0.2, 0.25) is 0 Å². The van der Waals surface area contributed by atoms with Crippen molar-refractivity contribution in [2.45, 2.75) is 148 Å². The summed E-state index contributed by atoms with van der Waals surface area (Å²) in [7, 11) is 0. The molecule has 0 heterocycles. The third-order valence-electron chi connectivity index (χ3n) is 11.4. The van der Waals surface area contributed by atoms with E-state index in [-0.39, 0.29) is 11.3 Å². The van der Waals surface area contributed by atoms with Crippen molar-refractivity contribution in [2.24, 2.45) is 29.6 Å². The van der Waals surface area contributed by atoms with Gasteiger partial charge in [0.2, 0.25) is 0 Å². The van der Waals surface area contributed by atoms with Crippen LogP contribution in [0.1, 0.15) is 153 Å². The number of unbranched alkanes of at least 4 members (excludes halogenated alkanes) is 2. The minimum atomic E-state index is -0.584. The second-order valence-corrected chi connectivity index (χ2v) is 13.5. The molecule has 1 atom stereocenters. The predicted octanol–water partition coefficient (Wildman–Crippen LogP) is 10.3. The van der Waals surface area contributed by atoms with Crippen LogP contribution in [0.15, 0.2) is 24.3 Å². The van der Waals surface area contributed by atoms with E-state index < -0.39 is 5.97 Å². The van der Waals surface area contributed by atoms with E-state index in [9.17, 15) is 9.90 Å². The molecule has 3 saturated carbocycles. The van der Waals surface area contributed by atoms with Crippen LogP contribution in [0, 0.1) is 29.6 Å². The van der Waals surface area contributed by atoms with Crippen molar-refractivity contribution in [3.05, 3.63) is 35.4 Å². The Kier molecular flexibility index (Phi) is 10.6. The SMILES string of the molecule is CCCCCC1(c2ccccc2C(C)C2CCC(C3CCC(CCC)CC3)CC2)CCC(C(=O)O)CC1. The minimum absolute atomic E-state index is 0.142. The standard InChI is InChI=1S/C35H56O2/c1-4-6-9-23-35(24-21-31(22-25-35)34(36)37)33-12-8-7-11-32(33)26(3)28-17-19-30(20-18-28)29-15-13-27(10-5-2)14-16-29/h7-8,11-12,26-31H,4-6,9-10,13-25H2,1-3H3,(H,36,37). The molecule has 1 aromatic carbocycles. The van der Waals surface area contributed by atoms with Gasteiger partial charge < -0.3 is 5.11 Å². The smallest absolute Gasteiger partial charge is 0.306 e. The van der Waals surface area contributed by atoms with Crippen LogP contribution < -0.4 is 0 Å². The predicted molar refractivity (Wildman–Crippen MR) is 156 cm³/mol. The molecule has 37 heavy (non-hydrogen) atoms. The van der Waals surface area contributed by atoms with E-state index in [2.05, 4.69) is 45.0 Å². The molecule has 3 fully saturated rings. The van der Waals surface area contributed by atoms with E-state index in [4.69, 9.17) is 0 Å². The van der Waals surface area contributed by atoms with Crippen molar-refractivity contribution in [2.75, 3.05) is 0 Å². The lowest BCUT2D eigenvalue weighted by Crippen LogP contribution is -2.35. The average Bonchev–Trinajstić information content (AvgIpc) is 2.94. The van der Waals surface area contributed by atoms with Crippen molar-refractivity contribution >= 4 is 5.97 Å². The van der Waals surface area contributed by atoms with E-state index in [1.807, 2.05) is 0 Å². The fourth-order valence-electron chi connectivity index (χ4n) is 8.89. The minimum Gasteiger partial charge on any atom is -0.481 e. The lowest BCUT2D eigenvalue weighted by Gasteiger charge is -2.43. The number of hydrogen-bond acceptors (Lipinski definition) is 1. The molecule has 1 N–H and O–H groups in total. The van der Waals surface area contributed by atoms with Crippen molar-refractivity contribution < 1.29 is 9.90 Å². The molecule has 1 aromatic rings. The number of carboxylic acids is 1. The Morgan fingerprint density at radius 2 is 1.49 bits per heavy atom. The summed E-state index contributed by atoms with van der Waals surface area (Å²) in [4.78, 5) is 11.7. The molecule has 2 nitrogen and oxygen atoms in total. The van der Waals surface area contributed by atoms with Gasteiger partial charge in [0.15, 0.2) is 0 Å². The van der Waals surface area contributed by atoms with Crippen LogP contribution >= 0.6 is 0 Å². The summed E-state index contributed by atoms with van der Waals surface area (Å²) in [5.41, 5.74) is 3.36. The molecule has 3 aliphatic carbocycles. The highest BCUT2D eigenvalue weighted by Gasteiger charge is 2.41. The van der Waals surface area contributed by atoms with Crippen molar-refractivity contribution in [1.82, 2.24) is 0 Å². The fraction of sp³-hybridized carbons (Fsp3) is 0.800. The molecule has 0 amide bonds. The van der Waals surface area contributed by atoms with Crippen molar-refractivity contribution in [1.29, 1.82) is 0 Å². The summed E-state index contributed by atoms with van der Waals surface area (Å²) in [6.45, 7) is 7.15. The summed E-state index contributed by atoms with van der Waals surface area (Å²) in [6.07, 6.45) is 23.3. The van der Waals surface area contributed by atoms with Gasteiger partial charge in [0.05, 0.1) is 5.92 Å². The van der Waals surface area contributed by atoms with Gasteiger partial charge in [0.1, 0.15) is 0 Å². The first kappa shape index (κ1) is 28.7. The first-order chi connectivity index (χ1) is 18.0. The van der Waals surface area contributed by atoms with Gasteiger partial charge in [-0.05, 0) is 117 Å². The quantitative estimate of drug-likeness (QED) is 0.302. The van der Waals surface area contributed by atoms with Gasteiger partial charge in [0, 0.05) is 0 Å². The van der Waals surface area contributed by atoms with Crippen molar-refractivity contribution in [3.8, 4) is 0 Å². The van der Waals surface area contributed by atoms with Gasteiger partial charge in [-0.1, -0.05) is 90.0 Å². The number of hydrogen-bond donors (Lipinski definition) is 1. The maximum Gasteiger partial charge on any atom is 0.306 e. The van der Waals surface area contributed by atoms with E-state index in [0.29, 0.717) is 5.92 Å². The number of aliphatic carboxylic acids is 1. The Morgan fingerprint density at radius 1 is 0.865 bits per heavy atom. The first-order valence-electron chi connectivity index (χ1n) is 16.3. The zero-order chi connectivity index (χ0) is 26.3. The number of benzene rings is 1. The fourth-order valence-corrected chi connectivity index (χ4v) is 8.89. The first-order valence-corrected chi connectivity index (χ1v) is 16.3. The summed E-state index contributed by atoms with van der Waals surface area (Å²) in [5, 5.41) is 9.66. The molecular formula is C35H56O2. The van der Waals surface area contributed by atoms with Crippen LogP contribution in [0.5, 0.6) is 0 Å². The molecule has 1 unspecified atom stereocenters. The van der Waals surface area contributed by atoms with Crippen LogP contribution in [0.25, 0.3) is 0 Å². The summed E-state index contributed by atoms with van der Waals surface area (Å²) in [6, 6.07) is 9.38. The molecular weight excluding hydrogens is 452 g/mol. The Bertz CT molecular complexity index is 819. The third kappa shape index (κ3) is 7.02. The van der Waals surface area contributed by atoms with E-state index in [1.54, 1.807) is 11.1 Å². The Hall–Kier alpha value is -1.31. The Balaban J connectivity index is 1.43. The second-order valence-electron chi connectivity index (χ2n) is 13.5. The van der Waals surface area contributed by atoms with E-state index >= 15 is 0 Å². The maximum absolute atomic E-state index is 11.7. The topological polar surface area (TPSA) is 37.3 Å². The Labute approximate surface area is 228 Å². The summed E-state index contributed by atoms with van der Waals surface area (Å²) >= 11 is 0. The normalized spacial score (nSPS) is 33.6. The summed E-state index contributed by atoms with van der Waals surface area (Å²) < 4.78 is 0. The summed E-state index contributed by atoms with van der Waals surface area (Å²) in [5.74, 6) is 3.69. The highest BCUT2D eigenvalue weighted by Crippen LogP contribution is 2.50. The molecule has 0 radical (unpaired) electrons. The highest BCUT2D eigenvalue weighted by atomic mass is 16.4. The number of carbonyl (C=O) groups is 1. The maximum atomic E-state index is 11.7. The molecule has 0 bridgehead atoms. The van der Waals surface area contributed by atoms with Crippen LogP contribution in [-0.2, 0) is 10.2 Å². The van der Waals surface area contributed by atoms with Gasteiger partial charge in [-0.2, -0.15) is 0 Å². The number of rotatable bonds is 11. The van der Waals surface area contributed by atoms with Gasteiger partial charge in [-0.15, -0.1) is 0 Å². The average molecular weight is 509 g/mol. The highest BCUT2D eigenvalue weighted by molar-refractivity contribution is 5.70. The lowest BCUT2D eigenvalue weighted by molar-refractivity contribution is -0.143. The molecule has 0 spiro atoms. The van der Waals surface area contributed by atoms with E-state index in [1.165, 1.54) is 89.9 Å². The largest absolute Gasteiger partial charge is 0.481 e. The van der Waals surface area contributed by atoms with Crippen LogP contribution in [-0.4, -0.2) is 11.1 Å². The second kappa shape index (κ2) is 13.7.